The van der Waals surface area contributed by atoms with E-state index in [2.05, 4.69) is 48.6 Å². The van der Waals surface area contributed by atoms with E-state index >= 15 is 0 Å². The van der Waals surface area contributed by atoms with E-state index in [1.165, 1.54) is 63.9 Å². The molecule has 0 saturated carbocycles. The molecular formula is C28H46O4. The van der Waals surface area contributed by atoms with Crippen LogP contribution in [0.5, 0.6) is 0 Å². The SMILES string of the molecule is CCCCCCCCCCCC=C[C@H]1C=C[C@H](CC)[C@H]1CC=C=CCC(O)(O)C(=O)OC. The number of hydrogen-bond acceptors (Lipinski definition) is 4. The Bertz CT molecular complexity index is 625. The van der Waals surface area contributed by atoms with Gasteiger partial charge in [0.15, 0.2) is 0 Å². The van der Waals surface area contributed by atoms with Crippen molar-refractivity contribution in [1.82, 2.24) is 0 Å². The minimum absolute atomic E-state index is 0.238. The fourth-order valence-corrected chi connectivity index (χ4v) is 4.38. The predicted molar refractivity (Wildman–Crippen MR) is 132 cm³/mol. The van der Waals surface area contributed by atoms with Crippen molar-refractivity contribution >= 4 is 5.97 Å². The molecule has 0 aromatic rings. The molecule has 4 nitrogen and oxygen atoms in total. The third kappa shape index (κ3) is 11.3. The molecule has 0 amide bonds. The molecule has 0 radical (unpaired) electrons. The lowest BCUT2D eigenvalue weighted by molar-refractivity contribution is -0.205. The standard InChI is InChI=1S/C28H46O4/c1-4-6-7-8-9-10-11-12-13-14-16-19-25-22-21-24(5-2)26(25)20-17-15-18-23-28(30,31)27(29)32-3/h16-19,21-22,24-26,30-31H,4-14,20,23H2,1-3H3/t15?,24-,25-,26+/m0/s1. The fourth-order valence-electron chi connectivity index (χ4n) is 4.38. The lowest BCUT2D eigenvalue weighted by atomic mass is 9.83. The summed E-state index contributed by atoms with van der Waals surface area (Å²) < 4.78 is 4.38. The van der Waals surface area contributed by atoms with Gasteiger partial charge in [-0.25, -0.2) is 4.79 Å². The van der Waals surface area contributed by atoms with Crippen molar-refractivity contribution in [3.63, 3.8) is 0 Å². The van der Waals surface area contributed by atoms with Gasteiger partial charge in [-0.1, -0.05) is 89.5 Å². The molecule has 0 aromatic carbocycles. The van der Waals surface area contributed by atoms with Crippen molar-refractivity contribution in [2.75, 3.05) is 7.11 Å². The van der Waals surface area contributed by atoms with Crippen LogP contribution >= 0.6 is 0 Å². The van der Waals surface area contributed by atoms with E-state index in [0.717, 1.165) is 26.4 Å². The average molecular weight is 447 g/mol. The lowest BCUT2D eigenvalue weighted by Crippen LogP contribution is -2.38. The smallest absolute Gasteiger partial charge is 0.366 e. The third-order valence-corrected chi connectivity index (χ3v) is 6.45. The maximum atomic E-state index is 11.3. The summed E-state index contributed by atoms with van der Waals surface area (Å²) in [6, 6.07) is 0. The summed E-state index contributed by atoms with van der Waals surface area (Å²) >= 11 is 0. The average Bonchev–Trinajstić information content (AvgIpc) is 3.18. The number of aliphatic hydroxyl groups is 2. The van der Waals surface area contributed by atoms with E-state index in [1.54, 1.807) is 0 Å². The van der Waals surface area contributed by atoms with Crippen LogP contribution in [0.4, 0.5) is 0 Å². The molecule has 4 heteroatoms. The van der Waals surface area contributed by atoms with Crippen molar-refractivity contribution in [1.29, 1.82) is 0 Å². The predicted octanol–water partition coefficient (Wildman–Crippen LogP) is 6.64. The molecule has 0 fully saturated rings. The van der Waals surface area contributed by atoms with Gasteiger partial charge in [0.05, 0.1) is 7.11 Å². The molecule has 0 unspecified atom stereocenters. The highest BCUT2D eigenvalue weighted by molar-refractivity contribution is 5.77. The number of ether oxygens (including phenoxy) is 1. The molecule has 0 heterocycles. The Balaban J connectivity index is 2.35. The first kappa shape index (κ1) is 28.4. The zero-order valence-corrected chi connectivity index (χ0v) is 20.6. The number of carbonyl (C=O) groups excluding carboxylic acids is 1. The lowest BCUT2D eigenvalue weighted by Gasteiger charge is -2.21. The van der Waals surface area contributed by atoms with Crippen LogP contribution in [0.3, 0.4) is 0 Å². The van der Waals surface area contributed by atoms with E-state index in [4.69, 9.17) is 0 Å². The number of unbranched alkanes of at least 4 members (excludes halogenated alkanes) is 9. The molecule has 32 heavy (non-hydrogen) atoms. The molecule has 0 aliphatic heterocycles. The van der Waals surface area contributed by atoms with Crippen LogP contribution in [0.25, 0.3) is 0 Å². The number of hydrogen-bond donors (Lipinski definition) is 2. The number of esters is 1. The largest absolute Gasteiger partial charge is 0.465 e. The van der Waals surface area contributed by atoms with Gasteiger partial charge in [0.2, 0.25) is 0 Å². The van der Waals surface area contributed by atoms with Crippen LogP contribution in [0.1, 0.15) is 97.3 Å². The molecule has 0 spiro atoms. The van der Waals surface area contributed by atoms with Gasteiger partial charge in [-0.2, -0.15) is 0 Å². The molecule has 0 aromatic heterocycles. The number of carbonyl (C=O) groups is 1. The first-order valence-electron chi connectivity index (χ1n) is 12.7. The Kier molecular flexibility index (Phi) is 15.1. The molecular weight excluding hydrogens is 400 g/mol. The summed E-state index contributed by atoms with van der Waals surface area (Å²) in [5, 5.41) is 19.2. The van der Waals surface area contributed by atoms with Gasteiger partial charge >= 0.3 is 5.97 Å². The van der Waals surface area contributed by atoms with Gasteiger partial charge in [0.1, 0.15) is 0 Å². The van der Waals surface area contributed by atoms with Crippen LogP contribution in [0, 0.1) is 17.8 Å². The highest BCUT2D eigenvalue weighted by atomic mass is 16.6. The molecule has 2 N–H and O–H groups in total. The van der Waals surface area contributed by atoms with Crippen LogP contribution in [-0.4, -0.2) is 29.1 Å². The van der Waals surface area contributed by atoms with Gasteiger partial charge in [0.25, 0.3) is 5.79 Å². The third-order valence-electron chi connectivity index (χ3n) is 6.45. The minimum atomic E-state index is -2.49. The van der Waals surface area contributed by atoms with Crippen LogP contribution in [-0.2, 0) is 9.53 Å². The van der Waals surface area contributed by atoms with E-state index in [1.807, 2.05) is 6.08 Å². The second-order valence-electron chi connectivity index (χ2n) is 9.07. The zero-order chi connectivity index (χ0) is 23.7. The highest BCUT2D eigenvalue weighted by Gasteiger charge is 2.33. The van der Waals surface area contributed by atoms with E-state index in [9.17, 15) is 15.0 Å². The van der Waals surface area contributed by atoms with Gasteiger partial charge in [-0.05, 0) is 55.6 Å². The van der Waals surface area contributed by atoms with Gasteiger partial charge in [0, 0.05) is 6.42 Å². The Morgan fingerprint density at radius 1 is 1.00 bits per heavy atom. The summed E-state index contributed by atoms with van der Waals surface area (Å²) in [6.07, 6.45) is 27.9. The Hall–Kier alpha value is -1.61. The first-order chi connectivity index (χ1) is 15.5. The van der Waals surface area contributed by atoms with Crippen LogP contribution in [0.15, 0.2) is 42.2 Å². The monoisotopic (exact) mass is 446 g/mol. The van der Waals surface area contributed by atoms with Crippen molar-refractivity contribution in [2.45, 2.75) is 103 Å². The normalized spacial score (nSPS) is 20.5. The quantitative estimate of drug-likeness (QED) is 0.0864. The van der Waals surface area contributed by atoms with Gasteiger partial charge in [-0.15, -0.1) is 5.73 Å². The maximum absolute atomic E-state index is 11.3. The summed E-state index contributed by atoms with van der Waals surface area (Å²) in [5.74, 6) is -2.04. The summed E-state index contributed by atoms with van der Waals surface area (Å²) in [4.78, 5) is 11.3. The summed E-state index contributed by atoms with van der Waals surface area (Å²) in [5.41, 5.74) is 2.99. The van der Waals surface area contributed by atoms with E-state index in [-0.39, 0.29) is 6.42 Å². The van der Waals surface area contributed by atoms with Crippen LogP contribution in [0.2, 0.25) is 0 Å². The molecule has 1 aliphatic carbocycles. The maximum Gasteiger partial charge on any atom is 0.366 e. The number of rotatable bonds is 17. The molecule has 0 bridgehead atoms. The van der Waals surface area contributed by atoms with Crippen molar-refractivity contribution in [3.05, 3.63) is 42.2 Å². The molecule has 1 rings (SSSR count). The van der Waals surface area contributed by atoms with Gasteiger partial charge in [-0.3, -0.25) is 0 Å². The molecule has 1 aliphatic rings. The second-order valence-corrected chi connectivity index (χ2v) is 9.07. The van der Waals surface area contributed by atoms with Gasteiger partial charge < -0.3 is 14.9 Å². The molecule has 3 atom stereocenters. The minimum Gasteiger partial charge on any atom is -0.465 e. The van der Waals surface area contributed by atoms with E-state index in [0.29, 0.717) is 17.8 Å². The fraction of sp³-hybridized carbons (Fsp3) is 0.714. The number of methoxy groups -OCH3 is 1. The zero-order valence-electron chi connectivity index (χ0n) is 20.6. The Morgan fingerprint density at radius 3 is 2.28 bits per heavy atom. The first-order valence-corrected chi connectivity index (χ1v) is 12.7. The van der Waals surface area contributed by atoms with Crippen molar-refractivity contribution in [3.8, 4) is 0 Å². The topological polar surface area (TPSA) is 66.8 Å². The summed E-state index contributed by atoms with van der Waals surface area (Å²) in [7, 11) is 1.13. The Labute approximate surface area is 196 Å². The second kappa shape index (κ2) is 16.9. The highest BCUT2D eigenvalue weighted by Crippen LogP contribution is 2.36. The number of allylic oxidation sites excluding steroid dienone is 4. The Morgan fingerprint density at radius 2 is 1.66 bits per heavy atom. The van der Waals surface area contributed by atoms with Crippen molar-refractivity contribution in [2.24, 2.45) is 17.8 Å². The van der Waals surface area contributed by atoms with E-state index < -0.39 is 11.8 Å². The molecule has 182 valence electrons. The van der Waals surface area contributed by atoms with Crippen LogP contribution < -0.4 is 0 Å². The molecule has 0 saturated heterocycles. The van der Waals surface area contributed by atoms with Crippen molar-refractivity contribution < 1.29 is 19.7 Å². The summed E-state index contributed by atoms with van der Waals surface area (Å²) in [6.45, 7) is 4.49.